The molecule has 0 aromatic heterocycles. The van der Waals surface area contributed by atoms with E-state index < -0.39 is 6.04 Å². The summed E-state index contributed by atoms with van der Waals surface area (Å²) in [7, 11) is 3.38. The number of fused-ring (bicyclic) bond motifs is 1. The van der Waals surface area contributed by atoms with Gasteiger partial charge in [0.1, 0.15) is 6.04 Å². The average Bonchev–Trinajstić information content (AvgIpc) is 2.66. The minimum absolute atomic E-state index is 0.0504. The van der Waals surface area contributed by atoms with Crippen LogP contribution in [-0.4, -0.2) is 85.3 Å². The smallest absolute Gasteiger partial charge is 0.246 e. The summed E-state index contributed by atoms with van der Waals surface area (Å²) < 4.78 is 0. The lowest BCUT2D eigenvalue weighted by molar-refractivity contribution is -0.147. The summed E-state index contributed by atoms with van der Waals surface area (Å²) in [6, 6.07) is 7.50. The highest BCUT2D eigenvalue weighted by Crippen LogP contribution is 2.27. The van der Waals surface area contributed by atoms with Gasteiger partial charge in [0.05, 0.1) is 6.54 Å². The van der Waals surface area contributed by atoms with Crippen LogP contribution in [0.15, 0.2) is 24.3 Å². The lowest BCUT2D eigenvalue weighted by atomic mass is 10.0. The van der Waals surface area contributed by atoms with Crippen LogP contribution < -0.4 is 4.90 Å². The summed E-state index contributed by atoms with van der Waals surface area (Å²) in [6.07, 6.45) is 1.96. The average molecular weight is 372 g/mol. The summed E-state index contributed by atoms with van der Waals surface area (Å²) in [5.41, 5.74) is 2.20. The van der Waals surface area contributed by atoms with E-state index in [1.165, 1.54) is 17.4 Å². The topological polar surface area (TPSA) is 64.2 Å². The van der Waals surface area contributed by atoms with Gasteiger partial charge in [0.25, 0.3) is 0 Å². The molecule has 0 unspecified atom stereocenters. The van der Waals surface area contributed by atoms with Crippen molar-refractivity contribution in [3.8, 4) is 0 Å². The van der Waals surface area contributed by atoms with Crippen LogP contribution in [0.25, 0.3) is 0 Å². The maximum Gasteiger partial charge on any atom is 0.246 e. The molecule has 7 nitrogen and oxygen atoms in total. The second kappa shape index (κ2) is 8.08. The largest absolute Gasteiger partial charge is 0.347 e. The van der Waals surface area contributed by atoms with Gasteiger partial charge >= 0.3 is 0 Å². The number of amides is 3. The molecule has 0 aliphatic carbocycles. The van der Waals surface area contributed by atoms with E-state index in [2.05, 4.69) is 6.07 Å². The number of rotatable bonds is 3. The Hall–Kier alpha value is -2.41. The predicted molar refractivity (Wildman–Crippen MR) is 103 cm³/mol. The van der Waals surface area contributed by atoms with Crippen LogP contribution in [0, 0.1) is 0 Å². The number of hydrogen-bond donors (Lipinski definition) is 0. The summed E-state index contributed by atoms with van der Waals surface area (Å²) in [5, 5.41) is 0. The Bertz CT molecular complexity index is 734. The molecule has 2 aliphatic rings. The van der Waals surface area contributed by atoms with Crippen LogP contribution >= 0.6 is 0 Å². The van der Waals surface area contributed by atoms with Gasteiger partial charge in [-0.25, -0.2) is 0 Å². The lowest BCUT2D eigenvalue weighted by Crippen LogP contribution is -2.61. The fourth-order valence-corrected chi connectivity index (χ4v) is 3.94. The third kappa shape index (κ3) is 4.13. The second-order valence-corrected chi connectivity index (χ2v) is 7.47. The van der Waals surface area contributed by atoms with Gasteiger partial charge in [0, 0.05) is 52.9 Å². The minimum Gasteiger partial charge on any atom is -0.347 e. The number of benzene rings is 1. The first-order valence-corrected chi connectivity index (χ1v) is 9.47. The van der Waals surface area contributed by atoms with Gasteiger partial charge in [-0.05, 0) is 24.5 Å². The van der Waals surface area contributed by atoms with E-state index in [1.807, 2.05) is 28.0 Å². The summed E-state index contributed by atoms with van der Waals surface area (Å²) in [4.78, 5) is 44.4. The Balaban J connectivity index is 1.70. The molecule has 27 heavy (non-hydrogen) atoms. The fraction of sp³-hybridized carbons (Fsp3) is 0.550. The standard InChI is InChI=1S/C20H28N4O3/c1-15(25)23-12-11-22(13-18(23)20(27)21(2)3)14-19(26)24-10-6-8-16-7-4-5-9-17(16)24/h4-5,7,9,18H,6,8,10-14H2,1-3H3/t18-/m0/s1. The van der Waals surface area contributed by atoms with E-state index >= 15 is 0 Å². The molecule has 0 saturated carbocycles. The van der Waals surface area contributed by atoms with Gasteiger partial charge in [-0.1, -0.05) is 18.2 Å². The fourth-order valence-electron chi connectivity index (χ4n) is 3.94. The van der Waals surface area contributed by atoms with Gasteiger partial charge in [-0.15, -0.1) is 0 Å². The summed E-state index contributed by atoms with van der Waals surface area (Å²) in [5.74, 6) is -0.161. The second-order valence-electron chi connectivity index (χ2n) is 7.47. The molecule has 0 radical (unpaired) electrons. The van der Waals surface area contributed by atoms with Crippen molar-refractivity contribution in [2.45, 2.75) is 25.8 Å². The number of aryl methyl sites for hydroxylation is 1. The Morgan fingerprint density at radius 1 is 1.11 bits per heavy atom. The van der Waals surface area contributed by atoms with Gasteiger partial charge < -0.3 is 14.7 Å². The molecular weight excluding hydrogens is 344 g/mol. The van der Waals surface area contributed by atoms with Gasteiger partial charge in [-0.3, -0.25) is 19.3 Å². The zero-order valence-corrected chi connectivity index (χ0v) is 16.4. The molecule has 146 valence electrons. The summed E-state index contributed by atoms with van der Waals surface area (Å²) >= 11 is 0. The van der Waals surface area contributed by atoms with Crippen LogP contribution in [0.5, 0.6) is 0 Å². The first-order valence-electron chi connectivity index (χ1n) is 9.47. The molecule has 2 aliphatic heterocycles. The molecule has 1 aromatic carbocycles. The van der Waals surface area contributed by atoms with Gasteiger partial charge in [-0.2, -0.15) is 0 Å². The zero-order valence-electron chi connectivity index (χ0n) is 16.4. The van der Waals surface area contributed by atoms with Crippen LogP contribution in [0.4, 0.5) is 5.69 Å². The molecule has 2 heterocycles. The number of carbonyl (C=O) groups is 3. The van der Waals surface area contributed by atoms with E-state index in [1.54, 1.807) is 19.0 Å². The van der Waals surface area contributed by atoms with Crippen LogP contribution in [0.3, 0.4) is 0 Å². The van der Waals surface area contributed by atoms with Crippen molar-refractivity contribution in [1.82, 2.24) is 14.7 Å². The van der Waals surface area contributed by atoms with Gasteiger partial charge in [0.2, 0.25) is 17.7 Å². The Labute approximate surface area is 160 Å². The van der Waals surface area contributed by atoms with Crippen molar-refractivity contribution < 1.29 is 14.4 Å². The molecular formula is C20H28N4O3. The van der Waals surface area contributed by atoms with Crippen molar-refractivity contribution in [2.24, 2.45) is 0 Å². The van der Waals surface area contributed by atoms with E-state index in [-0.39, 0.29) is 24.3 Å². The number of nitrogens with zero attached hydrogens (tertiary/aromatic N) is 4. The first kappa shape index (κ1) is 19.4. The molecule has 3 amide bonds. The van der Waals surface area contributed by atoms with Crippen LogP contribution in [0.2, 0.25) is 0 Å². The number of hydrogen-bond acceptors (Lipinski definition) is 4. The van der Waals surface area contributed by atoms with E-state index in [0.717, 1.165) is 25.1 Å². The Kier molecular flexibility index (Phi) is 5.79. The highest BCUT2D eigenvalue weighted by atomic mass is 16.2. The quantitative estimate of drug-likeness (QED) is 0.779. The SMILES string of the molecule is CC(=O)N1CCN(CC(=O)N2CCCc3ccccc32)C[C@H]1C(=O)N(C)C. The molecule has 1 saturated heterocycles. The van der Waals surface area contributed by atoms with Crippen molar-refractivity contribution in [3.05, 3.63) is 29.8 Å². The Morgan fingerprint density at radius 3 is 2.56 bits per heavy atom. The van der Waals surface area contributed by atoms with E-state index in [9.17, 15) is 14.4 Å². The van der Waals surface area contributed by atoms with Crippen LogP contribution in [0.1, 0.15) is 18.9 Å². The molecule has 7 heteroatoms. The molecule has 0 N–H and O–H groups in total. The third-order valence-electron chi connectivity index (χ3n) is 5.36. The zero-order chi connectivity index (χ0) is 19.6. The number of likely N-dealkylation sites (N-methyl/N-ethyl adjacent to an activating group) is 1. The van der Waals surface area contributed by atoms with E-state index in [0.29, 0.717) is 19.6 Å². The molecule has 1 atom stereocenters. The molecule has 0 bridgehead atoms. The number of anilines is 1. The molecule has 3 rings (SSSR count). The van der Waals surface area contributed by atoms with Crippen LogP contribution in [-0.2, 0) is 20.8 Å². The number of para-hydroxylation sites is 1. The first-order chi connectivity index (χ1) is 12.9. The van der Waals surface area contributed by atoms with Crippen molar-refractivity contribution >= 4 is 23.4 Å². The molecule has 1 aromatic rings. The van der Waals surface area contributed by atoms with E-state index in [4.69, 9.17) is 0 Å². The number of carbonyl (C=O) groups excluding carboxylic acids is 3. The highest BCUT2D eigenvalue weighted by Gasteiger charge is 2.36. The Morgan fingerprint density at radius 2 is 1.85 bits per heavy atom. The normalized spacial score (nSPS) is 20.2. The number of piperazine rings is 1. The maximum atomic E-state index is 13.0. The summed E-state index contributed by atoms with van der Waals surface area (Å²) in [6.45, 7) is 3.92. The maximum absolute atomic E-state index is 13.0. The third-order valence-corrected chi connectivity index (χ3v) is 5.36. The predicted octanol–water partition coefficient (Wildman–Crippen LogP) is 0.587. The molecule has 1 fully saturated rings. The van der Waals surface area contributed by atoms with Crippen molar-refractivity contribution in [2.75, 3.05) is 51.7 Å². The van der Waals surface area contributed by atoms with Crippen molar-refractivity contribution in [3.63, 3.8) is 0 Å². The molecule has 0 spiro atoms. The van der Waals surface area contributed by atoms with Crippen molar-refractivity contribution in [1.29, 1.82) is 0 Å². The highest BCUT2D eigenvalue weighted by molar-refractivity contribution is 5.96. The van der Waals surface area contributed by atoms with Gasteiger partial charge in [0.15, 0.2) is 0 Å². The lowest BCUT2D eigenvalue weighted by Gasteiger charge is -2.41. The minimum atomic E-state index is -0.535. The monoisotopic (exact) mass is 372 g/mol.